The van der Waals surface area contributed by atoms with Gasteiger partial charge in [0.15, 0.2) is 0 Å². The smallest absolute Gasteiger partial charge is 0.315 e. The molecule has 21 heavy (non-hydrogen) atoms. The van der Waals surface area contributed by atoms with Gasteiger partial charge in [0, 0.05) is 36.4 Å². The Morgan fingerprint density at radius 3 is 2.81 bits per heavy atom. The van der Waals surface area contributed by atoms with Crippen molar-refractivity contribution in [3.8, 4) is 0 Å². The predicted molar refractivity (Wildman–Crippen MR) is 84.7 cm³/mol. The van der Waals surface area contributed by atoms with Crippen LogP contribution in [0.3, 0.4) is 0 Å². The summed E-state index contributed by atoms with van der Waals surface area (Å²) >= 11 is 1.69. The summed E-state index contributed by atoms with van der Waals surface area (Å²) in [5.74, 6) is 0.205. The molecular formula is C15H25N3O2S. The molecule has 1 aromatic rings. The lowest BCUT2D eigenvalue weighted by molar-refractivity contribution is 0.154. The number of carbonyl (C=O) groups excluding carboxylic acids is 1. The molecule has 1 aliphatic carbocycles. The first-order valence-electron chi connectivity index (χ1n) is 7.68. The molecule has 1 saturated carbocycles. The lowest BCUT2D eigenvalue weighted by atomic mass is 9.85. The highest BCUT2D eigenvalue weighted by Crippen LogP contribution is 2.23. The van der Waals surface area contributed by atoms with Gasteiger partial charge in [-0.15, -0.1) is 11.3 Å². The fourth-order valence-electron chi connectivity index (χ4n) is 2.93. The monoisotopic (exact) mass is 311 g/mol. The SMILES string of the molecule is Cc1nc(C)c(CCNC(=O)NC2CCCCC2CO)s1. The van der Waals surface area contributed by atoms with Crippen LogP contribution in [0.2, 0.25) is 0 Å². The number of carbonyl (C=O) groups is 1. The predicted octanol–water partition coefficient (Wildman–Crippen LogP) is 2.15. The van der Waals surface area contributed by atoms with E-state index in [0.717, 1.165) is 42.8 Å². The van der Waals surface area contributed by atoms with E-state index in [4.69, 9.17) is 0 Å². The average molecular weight is 311 g/mol. The van der Waals surface area contributed by atoms with Crippen LogP contribution < -0.4 is 10.6 Å². The topological polar surface area (TPSA) is 74.2 Å². The van der Waals surface area contributed by atoms with Crippen LogP contribution in [0.1, 0.15) is 41.3 Å². The summed E-state index contributed by atoms with van der Waals surface area (Å²) in [6, 6.07) is -0.0182. The molecule has 6 heteroatoms. The van der Waals surface area contributed by atoms with E-state index in [-0.39, 0.29) is 24.6 Å². The molecule has 1 fully saturated rings. The molecule has 0 spiro atoms. The summed E-state index contributed by atoms with van der Waals surface area (Å²) in [5.41, 5.74) is 1.06. The van der Waals surface area contributed by atoms with Gasteiger partial charge in [0.05, 0.1) is 10.7 Å². The van der Waals surface area contributed by atoms with Crippen molar-refractivity contribution in [3.63, 3.8) is 0 Å². The van der Waals surface area contributed by atoms with Gasteiger partial charge in [-0.25, -0.2) is 9.78 Å². The number of aryl methyl sites for hydroxylation is 2. The largest absolute Gasteiger partial charge is 0.396 e. The summed E-state index contributed by atoms with van der Waals surface area (Å²) < 4.78 is 0. The summed E-state index contributed by atoms with van der Waals surface area (Å²) in [6.07, 6.45) is 5.06. The highest BCUT2D eigenvalue weighted by Gasteiger charge is 2.25. The van der Waals surface area contributed by atoms with Crippen molar-refractivity contribution in [2.24, 2.45) is 5.92 Å². The molecule has 0 aromatic carbocycles. The van der Waals surface area contributed by atoms with Gasteiger partial charge < -0.3 is 15.7 Å². The Morgan fingerprint density at radius 1 is 1.38 bits per heavy atom. The maximum absolute atomic E-state index is 11.9. The third kappa shape index (κ3) is 4.68. The molecule has 2 rings (SSSR count). The second kappa shape index (κ2) is 7.75. The number of amides is 2. The Morgan fingerprint density at radius 2 is 2.14 bits per heavy atom. The van der Waals surface area contributed by atoms with Gasteiger partial charge in [0.1, 0.15) is 0 Å². The Balaban J connectivity index is 1.73. The quantitative estimate of drug-likeness (QED) is 0.780. The van der Waals surface area contributed by atoms with Gasteiger partial charge in [-0.05, 0) is 26.7 Å². The number of aliphatic hydroxyl groups is 1. The van der Waals surface area contributed by atoms with E-state index in [9.17, 15) is 9.90 Å². The number of nitrogens with zero attached hydrogens (tertiary/aromatic N) is 1. The maximum Gasteiger partial charge on any atom is 0.315 e. The summed E-state index contributed by atoms with van der Waals surface area (Å²) in [6.45, 7) is 4.78. The van der Waals surface area contributed by atoms with Gasteiger partial charge in [-0.1, -0.05) is 12.8 Å². The van der Waals surface area contributed by atoms with Crippen LogP contribution in [-0.2, 0) is 6.42 Å². The lowest BCUT2D eigenvalue weighted by Crippen LogP contribution is -2.48. The Labute approximate surface area is 130 Å². The molecule has 2 unspecified atom stereocenters. The summed E-state index contributed by atoms with van der Waals surface area (Å²) in [7, 11) is 0. The van der Waals surface area contributed by atoms with Crippen molar-refractivity contribution in [1.29, 1.82) is 0 Å². The third-order valence-electron chi connectivity index (χ3n) is 4.10. The second-order valence-electron chi connectivity index (χ2n) is 5.73. The molecule has 0 radical (unpaired) electrons. The van der Waals surface area contributed by atoms with Gasteiger partial charge in [0.2, 0.25) is 0 Å². The molecule has 0 aliphatic heterocycles. The standard InChI is InChI=1S/C15H25N3O2S/c1-10-14(21-11(2)17-10)7-8-16-15(20)18-13-6-4-3-5-12(13)9-19/h12-13,19H,3-9H2,1-2H3,(H2,16,18,20). The molecule has 2 amide bonds. The van der Waals surface area contributed by atoms with E-state index in [1.54, 1.807) is 11.3 Å². The second-order valence-corrected chi connectivity index (χ2v) is 7.01. The molecule has 0 saturated heterocycles. The number of aliphatic hydroxyl groups excluding tert-OH is 1. The number of urea groups is 1. The number of thiazole rings is 1. The van der Waals surface area contributed by atoms with Crippen molar-refractivity contribution in [3.05, 3.63) is 15.6 Å². The first-order valence-corrected chi connectivity index (χ1v) is 8.50. The van der Waals surface area contributed by atoms with Crippen molar-refractivity contribution in [1.82, 2.24) is 15.6 Å². The molecule has 3 N–H and O–H groups in total. The van der Waals surface area contributed by atoms with Crippen LogP contribution >= 0.6 is 11.3 Å². The van der Waals surface area contributed by atoms with E-state index in [1.807, 2.05) is 13.8 Å². The average Bonchev–Trinajstić information content (AvgIpc) is 2.77. The third-order valence-corrected chi connectivity index (χ3v) is 5.23. The van der Waals surface area contributed by atoms with Crippen molar-refractivity contribution >= 4 is 17.4 Å². The molecule has 1 aromatic heterocycles. The Hall–Kier alpha value is -1.14. The molecule has 1 aliphatic rings. The lowest BCUT2D eigenvalue weighted by Gasteiger charge is -2.30. The highest BCUT2D eigenvalue weighted by molar-refractivity contribution is 7.11. The van der Waals surface area contributed by atoms with Crippen molar-refractivity contribution < 1.29 is 9.90 Å². The zero-order valence-electron chi connectivity index (χ0n) is 12.8. The van der Waals surface area contributed by atoms with E-state index < -0.39 is 0 Å². The van der Waals surface area contributed by atoms with Crippen LogP contribution in [0, 0.1) is 19.8 Å². The molecule has 2 atom stereocenters. The minimum Gasteiger partial charge on any atom is -0.396 e. The zero-order chi connectivity index (χ0) is 15.2. The number of hydrogen-bond donors (Lipinski definition) is 3. The molecule has 0 bridgehead atoms. The van der Waals surface area contributed by atoms with E-state index in [0.29, 0.717) is 6.54 Å². The fourth-order valence-corrected chi connectivity index (χ4v) is 3.87. The van der Waals surface area contributed by atoms with Crippen molar-refractivity contribution in [2.45, 2.75) is 52.0 Å². The minimum absolute atomic E-state index is 0.108. The fraction of sp³-hybridized carbons (Fsp3) is 0.733. The van der Waals surface area contributed by atoms with Gasteiger partial charge >= 0.3 is 6.03 Å². The highest BCUT2D eigenvalue weighted by atomic mass is 32.1. The molecule has 5 nitrogen and oxygen atoms in total. The molecule has 118 valence electrons. The number of nitrogens with one attached hydrogen (secondary N) is 2. The summed E-state index contributed by atoms with van der Waals surface area (Å²) in [5, 5.41) is 16.3. The Kier molecular flexibility index (Phi) is 5.99. The number of hydrogen-bond acceptors (Lipinski definition) is 4. The molecular weight excluding hydrogens is 286 g/mol. The Bertz CT molecular complexity index is 475. The van der Waals surface area contributed by atoms with E-state index in [2.05, 4.69) is 15.6 Å². The van der Waals surface area contributed by atoms with Crippen LogP contribution in [0.5, 0.6) is 0 Å². The van der Waals surface area contributed by atoms with Crippen LogP contribution in [-0.4, -0.2) is 35.3 Å². The van der Waals surface area contributed by atoms with Gasteiger partial charge in [-0.2, -0.15) is 0 Å². The summed E-state index contributed by atoms with van der Waals surface area (Å²) in [4.78, 5) is 17.6. The number of rotatable bonds is 5. The minimum atomic E-state index is -0.126. The van der Waals surface area contributed by atoms with Crippen LogP contribution in [0.4, 0.5) is 4.79 Å². The molecule has 1 heterocycles. The first kappa shape index (κ1) is 16.2. The zero-order valence-corrected chi connectivity index (χ0v) is 13.6. The number of aromatic nitrogens is 1. The van der Waals surface area contributed by atoms with Crippen molar-refractivity contribution in [2.75, 3.05) is 13.2 Å². The normalized spacial score (nSPS) is 22.0. The van der Waals surface area contributed by atoms with Gasteiger partial charge in [-0.3, -0.25) is 0 Å². The first-order chi connectivity index (χ1) is 10.1. The van der Waals surface area contributed by atoms with E-state index >= 15 is 0 Å². The van der Waals surface area contributed by atoms with Crippen LogP contribution in [0.25, 0.3) is 0 Å². The maximum atomic E-state index is 11.9. The van der Waals surface area contributed by atoms with Gasteiger partial charge in [0.25, 0.3) is 0 Å². The van der Waals surface area contributed by atoms with Crippen LogP contribution in [0.15, 0.2) is 0 Å². The van der Waals surface area contributed by atoms with E-state index in [1.165, 1.54) is 4.88 Å².